The monoisotopic (exact) mass is 216 g/mol. The number of benzene rings is 1. The van der Waals surface area contributed by atoms with Crippen LogP contribution >= 0.6 is 0 Å². The molecule has 1 aromatic carbocycles. The average molecular weight is 216 g/mol. The molecule has 0 fully saturated rings. The van der Waals surface area contributed by atoms with Crippen molar-refractivity contribution in [3.63, 3.8) is 0 Å². The molecule has 0 aliphatic carbocycles. The van der Waals surface area contributed by atoms with Gasteiger partial charge in [0, 0.05) is 0 Å². The molecule has 2 rings (SSSR count). The molecule has 2 aromatic rings. The SMILES string of the molecule is NCCCCc1ccccc1-n1nccn1. The normalized spacial score (nSPS) is 10.6. The van der Waals surface area contributed by atoms with Crippen molar-refractivity contribution in [2.75, 3.05) is 6.54 Å². The second-order valence-corrected chi connectivity index (χ2v) is 3.69. The van der Waals surface area contributed by atoms with Crippen LogP contribution in [0.1, 0.15) is 18.4 Å². The van der Waals surface area contributed by atoms with Crippen LogP contribution in [0.15, 0.2) is 36.7 Å². The maximum absolute atomic E-state index is 5.50. The van der Waals surface area contributed by atoms with Gasteiger partial charge in [0.05, 0.1) is 18.1 Å². The van der Waals surface area contributed by atoms with Gasteiger partial charge in [-0.25, -0.2) is 0 Å². The Morgan fingerprint density at radius 3 is 2.56 bits per heavy atom. The lowest BCUT2D eigenvalue weighted by Crippen LogP contribution is -2.04. The molecule has 0 aliphatic rings. The van der Waals surface area contributed by atoms with Crippen LogP contribution in [0.5, 0.6) is 0 Å². The van der Waals surface area contributed by atoms with Gasteiger partial charge in [-0.2, -0.15) is 15.0 Å². The van der Waals surface area contributed by atoms with E-state index in [0.29, 0.717) is 0 Å². The first-order valence-corrected chi connectivity index (χ1v) is 5.56. The van der Waals surface area contributed by atoms with Crippen LogP contribution in [-0.4, -0.2) is 21.5 Å². The molecule has 2 N–H and O–H groups in total. The summed E-state index contributed by atoms with van der Waals surface area (Å²) in [6, 6.07) is 8.21. The predicted molar refractivity (Wildman–Crippen MR) is 63.4 cm³/mol. The highest BCUT2D eigenvalue weighted by atomic mass is 15.5. The third-order valence-corrected chi connectivity index (χ3v) is 2.53. The zero-order chi connectivity index (χ0) is 11.2. The third-order valence-electron chi connectivity index (χ3n) is 2.53. The van der Waals surface area contributed by atoms with Gasteiger partial charge in [0.25, 0.3) is 0 Å². The first-order chi connectivity index (χ1) is 7.92. The largest absolute Gasteiger partial charge is 0.330 e. The summed E-state index contributed by atoms with van der Waals surface area (Å²) in [7, 11) is 0. The van der Waals surface area contributed by atoms with E-state index in [9.17, 15) is 0 Å². The molecule has 0 amide bonds. The standard InChI is InChI=1S/C12H16N4/c13-8-4-3-6-11-5-1-2-7-12(11)16-14-9-10-15-16/h1-2,5,7,9-10H,3-4,6,8,13H2. The fourth-order valence-electron chi connectivity index (χ4n) is 1.72. The molecule has 1 aromatic heterocycles. The number of hydrogen-bond donors (Lipinski definition) is 1. The van der Waals surface area contributed by atoms with Crippen molar-refractivity contribution in [1.29, 1.82) is 0 Å². The van der Waals surface area contributed by atoms with E-state index >= 15 is 0 Å². The zero-order valence-electron chi connectivity index (χ0n) is 9.21. The third kappa shape index (κ3) is 2.46. The topological polar surface area (TPSA) is 56.7 Å². The summed E-state index contributed by atoms with van der Waals surface area (Å²) in [5.41, 5.74) is 7.83. The Kier molecular flexibility index (Phi) is 3.66. The predicted octanol–water partition coefficient (Wildman–Crippen LogP) is 1.55. The van der Waals surface area contributed by atoms with Crippen LogP contribution in [-0.2, 0) is 6.42 Å². The van der Waals surface area contributed by atoms with Gasteiger partial charge in [-0.3, -0.25) is 0 Å². The van der Waals surface area contributed by atoms with Crippen molar-refractivity contribution >= 4 is 0 Å². The highest BCUT2D eigenvalue weighted by Crippen LogP contribution is 2.14. The number of nitrogens with two attached hydrogens (primary N) is 1. The second-order valence-electron chi connectivity index (χ2n) is 3.69. The molecule has 0 spiro atoms. The van der Waals surface area contributed by atoms with E-state index in [1.165, 1.54) is 5.56 Å². The van der Waals surface area contributed by atoms with Crippen molar-refractivity contribution in [2.45, 2.75) is 19.3 Å². The number of hydrogen-bond acceptors (Lipinski definition) is 3. The fraction of sp³-hybridized carbons (Fsp3) is 0.333. The molecule has 0 bridgehead atoms. The Hall–Kier alpha value is -1.68. The van der Waals surface area contributed by atoms with Crippen LogP contribution in [0.3, 0.4) is 0 Å². The van der Waals surface area contributed by atoms with Crippen molar-refractivity contribution < 1.29 is 0 Å². The number of aromatic nitrogens is 3. The Balaban J connectivity index is 2.18. The van der Waals surface area contributed by atoms with Crippen LogP contribution in [0.2, 0.25) is 0 Å². The van der Waals surface area contributed by atoms with E-state index in [0.717, 1.165) is 31.5 Å². The lowest BCUT2D eigenvalue weighted by molar-refractivity contribution is 0.712. The molecule has 0 atom stereocenters. The quantitative estimate of drug-likeness (QED) is 0.771. The number of para-hydroxylation sites is 1. The van der Waals surface area contributed by atoms with Crippen molar-refractivity contribution in [3.8, 4) is 5.69 Å². The average Bonchev–Trinajstić information content (AvgIpc) is 2.83. The summed E-state index contributed by atoms with van der Waals surface area (Å²) in [6.45, 7) is 0.752. The Bertz CT molecular complexity index is 422. The minimum absolute atomic E-state index is 0.752. The van der Waals surface area contributed by atoms with Gasteiger partial charge >= 0.3 is 0 Å². The molecule has 4 nitrogen and oxygen atoms in total. The molecule has 0 saturated carbocycles. The number of aryl methyl sites for hydroxylation is 1. The van der Waals surface area contributed by atoms with Crippen LogP contribution < -0.4 is 5.73 Å². The Morgan fingerprint density at radius 2 is 1.81 bits per heavy atom. The van der Waals surface area contributed by atoms with Crippen molar-refractivity contribution in [1.82, 2.24) is 15.0 Å². The van der Waals surface area contributed by atoms with Gasteiger partial charge < -0.3 is 5.73 Å². The minimum Gasteiger partial charge on any atom is -0.330 e. The van der Waals surface area contributed by atoms with Gasteiger partial charge in [-0.15, -0.1) is 0 Å². The van der Waals surface area contributed by atoms with Crippen molar-refractivity contribution in [2.24, 2.45) is 5.73 Å². The van der Waals surface area contributed by atoms with Crippen LogP contribution in [0, 0.1) is 0 Å². The summed E-state index contributed by atoms with van der Waals surface area (Å²) in [5.74, 6) is 0. The Morgan fingerprint density at radius 1 is 1.06 bits per heavy atom. The van der Waals surface area contributed by atoms with Crippen molar-refractivity contribution in [3.05, 3.63) is 42.2 Å². The van der Waals surface area contributed by atoms with E-state index < -0.39 is 0 Å². The Labute approximate surface area is 95.1 Å². The zero-order valence-corrected chi connectivity index (χ0v) is 9.21. The molecule has 0 saturated heterocycles. The van der Waals surface area contributed by atoms with Crippen LogP contribution in [0.4, 0.5) is 0 Å². The van der Waals surface area contributed by atoms with Gasteiger partial charge in [-0.05, 0) is 37.4 Å². The first-order valence-electron chi connectivity index (χ1n) is 5.56. The summed E-state index contributed by atoms with van der Waals surface area (Å²) >= 11 is 0. The molecule has 16 heavy (non-hydrogen) atoms. The molecular weight excluding hydrogens is 200 g/mol. The summed E-state index contributed by atoms with van der Waals surface area (Å²) in [6.07, 6.45) is 6.57. The second kappa shape index (κ2) is 5.42. The highest BCUT2D eigenvalue weighted by molar-refractivity contribution is 5.39. The lowest BCUT2D eigenvalue weighted by Gasteiger charge is -2.07. The summed E-state index contributed by atoms with van der Waals surface area (Å²) < 4.78 is 0. The minimum atomic E-state index is 0.752. The molecule has 84 valence electrons. The fourth-order valence-corrected chi connectivity index (χ4v) is 1.72. The number of rotatable bonds is 5. The number of nitrogens with zero attached hydrogens (tertiary/aromatic N) is 3. The molecule has 1 heterocycles. The maximum atomic E-state index is 5.50. The smallest absolute Gasteiger partial charge is 0.0888 e. The molecule has 4 heteroatoms. The van der Waals surface area contributed by atoms with Gasteiger partial charge in [-0.1, -0.05) is 18.2 Å². The highest BCUT2D eigenvalue weighted by Gasteiger charge is 2.04. The first kappa shape index (κ1) is 10.8. The van der Waals surface area contributed by atoms with Gasteiger partial charge in [0.2, 0.25) is 0 Å². The van der Waals surface area contributed by atoms with E-state index in [-0.39, 0.29) is 0 Å². The molecule has 0 unspecified atom stereocenters. The van der Waals surface area contributed by atoms with E-state index in [1.807, 2.05) is 18.2 Å². The lowest BCUT2D eigenvalue weighted by atomic mass is 10.1. The van der Waals surface area contributed by atoms with Crippen LogP contribution in [0.25, 0.3) is 5.69 Å². The molecular formula is C12H16N4. The van der Waals surface area contributed by atoms with E-state index in [1.54, 1.807) is 17.2 Å². The number of unbranched alkanes of at least 4 members (excludes halogenated alkanes) is 1. The summed E-state index contributed by atoms with van der Waals surface area (Å²) in [5, 5.41) is 8.31. The maximum Gasteiger partial charge on any atom is 0.0888 e. The van der Waals surface area contributed by atoms with E-state index in [2.05, 4.69) is 16.3 Å². The summed E-state index contributed by atoms with van der Waals surface area (Å²) in [4.78, 5) is 1.66. The van der Waals surface area contributed by atoms with E-state index in [4.69, 9.17) is 5.73 Å². The van der Waals surface area contributed by atoms with Gasteiger partial charge in [0.1, 0.15) is 0 Å². The molecule has 0 radical (unpaired) electrons. The van der Waals surface area contributed by atoms with Gasteiger partial charge in [0.15, 0.2) is 0 Å². The molecule has 0 aliphatic heterocycles.